The molecule has 0 radical (unpaired) electrons. The molecule has 194 valence electrons. The Morgan fingerprint density at radius 1 is 1.06 bits per heavy atom. The second-order valence-corrected chi connectivity index (χ2v) is 10.4. The van der Waals surface area contributed by atoms with Crippen LogP contribution in [-0.4, -0.2) is 52.4 Å². The highest BCUT2D eigenvalue weighted by molar-refractivity contribution is 5.94. The summed E-state index contributed by atoms with van der Waals surface area (Å²) < 4.78 is 5.28. The maximum absolute atomic E-state index is 13.8. The molecule has 1 saturated carbocycles. The quantitative estimate of drug-likeness (QED) is 0.491. The summed E-state index contributed by atoms with van der Waals surface area (Å²) in [6.45, 7) is 8.66. The third-order valence-corrected chi connectivity index (χ3v) is 5.80. The molecule has 1 aliphatic carbocycles. The second kappa shape index (κ2) is 12.6. The summed E-state index contributed by atoms with van der Waals surface area (Å²) in [5.74, 6) is -1.64. The van der Waals surface area contributed by atoms with Crippen molar-refractivity contribution in [3.05, 3.63) is 35.9 Å². The van der Waals surface area contributed by atoms with E-state index in [4.69, 9.17) is 10.5 Å². The molecule has 1 aromatic carbocycles. The monoisotopic (exact) mass is 488 g/mol. The van der Waals surface area contributed by atoms with E-state index in [1.807, 2.05) is 6.07 Å². The van der Waals surface area contributed by atoms with Crippen LogP contribution in [-0.2, 0) is 19.1 Å². The summed E-state index contributed by atoms with van der Waals surface area (Å²) in [6.07, 6.45) is 3.77. The van der Waals surface area contributed by atoms with E-state index in [-0.39, 0.29) is 11.9 Å². The Morgan fingerprint density at radius 3 is 2.17 bits per heavy atom. The molecule has 0 heterocycles. The number of hydrogen-bond acceptors (Lipinski definition) is 5. The van der Waals surface area contributed by atoms with Gasteiger partial charge in [0.05, 0.1) is 6.42 Å². The normalized spacial score (nSPS) is 16.2. The van der Waals surface area contributed by atoms with E-state index in [0.29, 0.717) is 5.56 Å². The summed E-state index contributed by atoms with van der Waals surface area (Å²) in [5, 5.41) is 5.60. The number of ether oxygens (including phenoxy) is 1. The van der Waals surface area contributed by atoms with Crippen LogP contribution in [0.1, 0.15) is 84.7 Å². The van der Waals surface area contributed by atoms with Gasteiger partial charge in [-0.25, -0.2) is 4.79 Å². The molecule has 0 spiro atoms. The maximum Gasteiger partial charge on any atom is 0.408 e. The maximum atomic E-state index is 13.8. The Bertz CT molecular complexity index is 875. The van der Waals surface area contributed by atoms with Gasteiger partial charge in [0.15, 0.2) is 0 Å². The minimum Gasteiger partial charge on any atom is -0.444 e. The number of nitrogens with one attached hydrogen (secondary N) is 2. The molecule has 9 nitrogen and oxygen atoms in total. The van der Waals surface area contributed by atoms with Crippen LogP contribution in [0, 0.1) is 0 Å². The zero-order chi connectivity index (χ0) is 26.2. The smallest absolute Gasteiger partial charge is 0.408 e. The number of nitrogens with zero attached hydrogens (tertiary/aromatic N) is 1. The highest BCUT2D eigenvalue weighted by Gasteiger charge is 2.38. The Morgan fingerprint density at radius 2 is 1.66 bits per heavy atom. The molecule has 4 N–H and O–H groups in total. The van der Waals surface area contributed by atoms with Gasteiger partial charge in [0, 0.05) is 12.1 Å². The third kappa shape index (κ3) is 8.88. The van der Waals surface area contributed by atoms with Gasteiger partial charge in [-0.1, -0.05) is 49.6 Å². The number of amides is 4. The molecule has 1 fully saturated rings. The van der Waals surface area contributed by atoms with Crippen LogP contribution >= 0.6 is 0 Å². The van der Waals surface area contributed by atoms with Gasteiger partial charge in [-0.15, -0.1) is 0 Å². The summed E-state index contributed by atoms with van der Waals surface area (Å²) in [4.78, 5) is 53.1. The molecule has 0 aromatic heterocycles. The number of hydrogen-bond donors (Lipinski definition) is 3. The average molecular weight is 489 g/mol. The number of benzene rings is 1. The molecule has 0 aliphatic heterocycles. The fourth-order valence-electron chi connectivity index (χ4n) is 4.31. The van der Waals surface area contributed by atoms with E-state index in [1.165, 1.54) is 4.90 Å². The minimum atomic E-state index is -1.28. The molecule has 2 unspecified atom stereocenters. The Kier molecular flexibility index (Phi) is 10.1. The van der Waals surface area contributed by atoms with Gasteiger partial charge in [0.2, 0.25) is 17.7 Å². The van der Waals surface area contributed by atoms with E-state index in [1.54, 1.807) is 58.9 Å². The molecule has 2 atom stereocenters. The van der Waals surface area contributed by atoms with Crippen molar-refractivity contribution in [2.75, 3.05) is 0 Å². The number of alkyl carbamates (subject to hydrolysis) is 1. The second-order valence-electron chi connectivity index (χ2n) is 10.4. The SMILES string of the molecule is CC(C)N(C(=O)C(CC(N)=O)NC(=O)OC(C)(C)C)C(C(=O)NC1CCCCC1)c1ccccc1. The van der Waals surface area contributed by atoms with Gasteiger partial charge in [-0.2, -0.15) is 0 Å². The van der Waals surface area contributed by atoms with Gasteiger partial charge < -0.3 is 26.0 Å². The van der Waals surface area contributed by atoms with Crippen molar-refractivity contribution in [2.45, 2.75) is 103 Å². The van der Waals surface area contributed by atoms with Crippen LogP contribution in [0.15, 0.2) is 30.3 Å². The first kappa shape index (κ1) is 28.1. The first-order valence-corrected chi connectivity index (χ1v) is 12.3. The lowest BCUT2D eigenvalue weighted by molar-refractivity contribution is -0.145. The van der Waals surface area contributed by atoms with Crippen LogP contribution in [0.4, 0.5) is 4.79 Å². The molecule has 35 heavy (non-hydrogen) atoms. The third-order valence-electron chi connectivity index (χ3n) is 5.80. The zero-order valence-electron chi connectivity index (χ0n) is 21.5. The van der Waals surface area contributed by atoms with Crippen molar-refractivity contribution >= 4 is 23.8 Å². The summed E-state index contributed by atoms with van der Waals surface area (Å²) in [7, 11) is 0. The molecule has 4 amide bonds. The van der Waals surface area contributed by atoms with E-state index in [9.17, 15) is 19.2 Å². The predicted molar refractivity (Wildman–Crippen MR) is 133 cm³/mol. The van der Waals surface area contributed by atoms with Gasteiger partial charge in [-0.3, -0.25) is 14.4 Å². The molecule has 9 heteroatoms. The van der Waals surface area contributed by atoms with E-state index < -0.39 is 48.1 Å². The number of rotatable bonds is 9. The first-order chi connectivity index (χ1) is 16.4. The lowest BCUT2D eigenvalue weighted by atomic mass is 9.94. The first-order valence-electron chi connectivity index (χ1n) is 12.3. The number of carbonyl (C=O) groups is 4. The zero-order valence-corrected chi connectivity index (χ0v) is 21.5. The average Bonchev–Trinajstić information content (AvgIpc) is 2.75. The van der Waals surface area contributed by atoms with Crippen molar-refractivity contribution < 1.29 is 23.9 Å². The van der Waals surface area contributed by atoms with Crippen molar-refractivity contribution in [1.82, 2.24) is 15.5 Å². The van der Waals surface area contributed by atoms with Gasteiger partial charge in [0.25, 0.3) is 0 Å². The van der Waals surface area contributed by atoms with Crippen LogP contribution in [0.5, 0.6) is 0 Å². The Balaban J connectivity index is 2.39. The standard InChI is InChI=1S/C26H40N4O5/c1-17(2)30(24(33)20(16-21(27)31)29-25(34)35-26(3,4)5)22(18-12-8-6-9-13-18)23(32)28-19-14-10-7-11-15-19/h6,8-9,12-13,17,19-20,22H,7,10-11,14-16H2,1-5H3,(H2,27,31)(H,28,32)(H,29,34). The highest BCUT2D eigenvalue weighted by Crippen LogP contribution is 2.27. The van der Waals surface area contributed by atoms with Crippen molar-refractivity contribution in [2.24, 2.45) is 5.73 Å². The Labute approximate surface area is 208 Å². The largest absolute Gasteiger partial charge is 0.444 e. The number of primary amides is 1. The van der Waals surface area contributed by atoms with E-state index in [2.05, 4.69) is 10.6 Å². The minimum absolute atomic E-state index is 0.0490. The fraction of sp³-hybridized carbons (Fsp3) is 0.615. The van der Waals surface area contributed by atoms with Crippen molar-refractivity contribution in [1.29, 1.82) is 0 Å². The lowest BCUT2D eigenvalue weighted by Crippen LogP contribution is -2.56. The molecule has 2 rings (SSSR count). The lowest BCUT2D eigenvalue weighted by Gasteiger charge is -2.38. The fourth-order valence-corrected chi connectivity index (χ4v) is 4.31. The van der Waals surface area contributed by atoms with Crippen LogP contribution in [0.25, 0.3) is 0 Å². The molecule has 1 aromatic rings. The highest BCUT2D eigenvalue weighted by atomic mass is 16.6. The van der Waals surface area contributed by atoms with E-state index in [0.717, 1.165) is 32.1 Å². The van der Waals surface area contributed by atoms with Gasteiger partial charge >= 0.3 is 6.09 Å². The van der Waals surface area contributed by atoms with Gasteiger partial charge in [0.1, 0.15) is 17.7 Å². The van der Waals surface area contributed by atoms with E-state index >= 15 is 0 Å². The molecule has 1 aliphatic rings. The predicted octanol–water partition coefficient (Wildman–Crippen LogP) is 3.18. The summed E-state index contributed by atoms with van der Waals surface area (Å²) in [6, 6.07) is 6.43. The summed E-state index contributed by atoms with van der Waals surface area (Å²) in [5.41, 5.74) is 5.24. The number of carbonyl (C=O) groups excluding carboxylic acids is 4. The van der Waals surface area contributed by atoms with Crippen LogP contribution < -0.4 is 16.4 Å². The van der Waals surface area contributed by atoms with Crippen LogP contribution in [0.3, 0.4) is 0 Å². The van der Waals surface area contributed by atoms with Crippen molar-refractivity contribution in [3.8, 4) is 0 Å². The number of nitrogens with two attached hydrogens (primary N) is 1. The molecular formula is C26H40N4O5. The van der Waals surface area contributed by atoms with Gasteiger partial charge in [-0.05, 0) is 53.0 Å². The van der Waals surface area contributed by atoms with Crippen molar-refractivity contribution in [3.63, 3.8) is 0 Å². The molecule has 0 saturated heterocycles. The molecule has 0 bridgehead atoms. The summed E-state index contributed by atoms with van der Waals surface area (Å²) >= 11 is 0. The topological polar surface area (TPSA) is 131 Å². The molecular weight excluding hydrogens is 448 g/mol. The van der Waals surface area contributed by atoms with Crippen LogP contribution in [0.2, 0.25) is 0 Å². The Hall–Kier alpha value is -3.10.